The van der Waals surface area contributed by atoms with Gasteiger partial charge in [-0.3, -0.25) is 4.79 Å². The number of carbonyl (C=O) groups is 1. The Labute approximate surface area is 142 Å². The van der Waals surface area contributed by atoms with Gasteiger partial charge in [0, 0.05) is 10.0 Å². The number of rotatable bonds is 4. The van der Waals surface area contributed by atoms with Gasteiger partial charge in [0.05, 0.1) is 23.1 Å². The quantitative estimate of drug-likeness (QED) is 0.565. The highest BCUT2D eigenvalue weighted by Crippen LogP contribution is 2.16. The lowest BCUT2D eigenvalue weighted by molar-refractivity contribution is -0.121. The van der Waals surface area contributed by atoms with Crippen LogP contribution in [0.3, 0.4) is 0 Å². The molecule has 0 radical (unpaired) electrons. The number of benzene rings is 2. The number of hydrazone groups is 1. The van der Waals surface area contributed by atoms with Crippen molar-refractivity contribution in [1.29, 1.82) is 0 Å². The molecule has 0 aliphatic heterocycles. The summed E-state index contributed by atoms with van der Waals surface area (Å²) in [4.78, 5) is 16.4. The highest BCUT2D eigenvalue weighted by atomic mass is 79.9. The number of amides is 1. The number of nitrogens with zero attached hydrogens (tertiary/aromatic N) is 3. The molecule has 2 aromatic carbocycles. The molecular formula is C17H15BrN4O. The number of halogens is 1. The lowest BCUT2D eigenvalue weighted by Gasteiger charge is -2.06. The van der Waals surface area contributed by atoms with Crippen LogP contribution in [0.15, 0.2) is 64.4 Å². The first-order valence-corrected chi connectivity index (χ1v) is 7.92. The number of imidazole rings is 1. The van der Waals surface area contributed by atoms with E-state index in [9.17, 15) is 4.79 Å². The molecule has 1 heterocycles. The number of nitrogens with one attached hydrogen (secondary N) is 1. The normalized spacial score (nSPS) is 11.7. The van der Waals surface area contributed by atoms with Crippen LogP contribution >= 0.6 is 15.9 Å². The van der Waals surface area contributed by atoms with Gasteiger partial charge in [-0.25, -0.2) is 10.4 Å². The van der Waals surface area contributed by atoms with Gasteiger partial charge in [-0.05, 0) is 25.1 Å². The predicted molar refractivity (Wildman–Crippen MR) is 94.2 cm³/mol. The van der Waals surface area contributed by atoms with Crippen molar-refractivity contribution in [2.45, 2.75) is 13.5 Å². The Morgan fingerprint density at radius 1 is 1.22 bits per heavy atom. The summed E-state index contributed by atoms with van der Waals surface area (Å²) in [6.07, 6.45) is 1.66. The van der Waals surface area contributed by atoms with E-state index in [0.29, 0.717) is 0 Å². The number of hydrogen-bond donors (Lipinski definition) is 1. The highest BCUT2D eigenvalue weighted by Gasteiger charge is 2.07. The smallest absolute Gasteiger partial charge is 0.260 e. The van der Waals surface area contributed by atoms with Crippen molar-refractivity contribution in [3.8, 4) is 0 Å². The van der Waals surface area contributed by atoms with E-state index < -0.39 is 0 Å². The summed E-state index contributed by atoms with van der Waals surface area (Å²) in [5, 5.41) is 4.17. The molecule has 0 unspecified atom stereocenters. The molecule has 6 heteroatoms. The van der Waals surface area contributed by atoms with E-state index in [1.807, 2.05) is 55.5 Å². The van der Waals surface area contributed by atoms with Crippen LogP contribution < -0.4 is 5.43 Å². The molecule has 1 aromatic heterocycles. The average Bonchev–Trinajstić information content (AvgIpc) is 2.96. The Balaban J connectivity index is 1.70. The number of carbonyl (C=O) groups excluding carboxylic acids is 1. The minimum atomic E-state index is -0.195. The first-order valence-electron chi connectivity index (χ1n) is 7.13. The number of para-hydroxylation sites is 2. The molecule has 1 N–H and O–H groups in total. The van der Waals surface area contributed by atoms with Crippen molar-refractivity contribution in [2.75, 3.05) is 0 Å². The van der Waals surface area contributed by atoms with Gasteiger partial charge >= 0.3 is 0 Å². The van der Waals surface area contributed by atoms with E-state index in [-0.39, 0.29) is 12.5 Å². The zero-order valence-electron chi connectivity index (χ0n) is 12.5. The van der Waals surface area contributed by atoms with Crippen LogP contribution in [-0.2, 0) is 11.3 Å². The van der Waals surface area contributed by atoms with Crippen LogP contribution in [0.2, 0.25) is 0 Å². The zero-order chi connectivity index (χ0) is 16.2. The van der Waals surface area contributed by atoms with Gasteiger partial charge < -0.3 is 4.57 Å². The minimum absolute atomic E-state index is 0.174. The molecule has 1 amide bonds. The maximum Gasteiger partial charge on any atom is 0.260 e. The molecule has 3 aromatic rings. The second kappa shape index (κ2) is 6.75. The summed E-state index contributed by atoms with van der Waals surface area (Å²) in [6, 6.07) is 15.4. The van der Waals surface area contributed by atoms with E-state index >= 15 is 0 Å². The first-order chi connectivity index (χ1) is 11.1. The average molecular weight is 371 g/mol. The molecule has 5 nitrogen and oxygen atoms in total. The molecule has 3 rings (SSSR count). The van der Waals surface area contributed by atoms with Crippen LogP contribution in [0, 0.1) is 0 Å². The predicted octanol–water partition coefficient (Wildman–Crippen LogP) is 3.34. The van der Waals surface area contributed by atoms with Crippen molar-refractivity contribution in [3.05, 3.63) is 64.9 Å². The molecule has 0 saturated heterocycles. The van der Waals surface area contributed by atoms with Gasteiger partial charge in [0.2, 0.25) is 0 Å². The minimum Gasteiger partial charge on any atom is -0.321 e. The lowest BCUT2D eigenvalue weighted by atomic mass is 10.1. The Morgan fingerprint density at radius 3 is 2.78 bits per heavy atom. The van der Waals surface area contributed by atoms with Crippen LogP contribution in [0.25, 0.3) is 11.0 Å². The molecule has 0 aliphatic carbocycles. The van der Waals surface area contributed by atoms with Crippen LogP contribution in [0.5, 0.6) is 0 Å². The maximum absolute atomic E-state index is 12.1. The van der Waals surface area contributed by atoms with Crippen molar-refractivity contribution >= 4 is 38.6 Å². The van der Waals surface area contributed by atoms with Crippen LogP contribution in [0.4, 0.5) is 0 Å². The van der Waals surface area contributed by atoms with E-state index in [2.05, 4.69) is 31.4 Å². The molecular weight excluding hydrogens is 356 g/mol. The molecule has 0 bridgehead atoms. The number of fused-ring (bicyclic) bond motifs is 1. The van der Waals surface area contributed by atoms with E-state index in [1.165, 1.54) is 0 Å². The van der Waals surface area contributed by atoms with Crippen molar-refractivity contribution < 1.29 is 4.79 Å². The molecule has 0 saturated carbocycles. The summed E-state index contributed by atoms with van der Waals surface area (Å²) in [7, 11) is 0. The van der Waals surface area contributed by atoms with E-state index in [0.717, 1.165) is 26.8 Å². The number of hydrogen-bond acceptors (Lipinski definition) is 3. The lowest BCUT2D eigenvalue weighted by Crippen LogP contribution is -2.24. The summed E-state index contributed by atoms with van der Waals surface area (Å²) in [6.45, 7) is 2.03. The van der Waals surface area contributed by atoms with Gasteiger partial charge in [-0.1, -0.05) is 46.3 Å². The Hall–Kier alpha value is -2.47. The standard InChI is InChI=1S/C17H15BrN4O/c1-12(13-6-2-3-7-14(13)18)20-21-17(23)10-22-11-19-15-8-4-5-9-16(15)22/h2-9,11H,10H2,1H3,(H,21,23)/b20-12-. The highest BCUT2D eigenvalue weighted by molar-refractivity contribution is 9.10. The summed E-state index contributed by atoms with van der Waals surface area (Å²) >= 11 is 3.47. The fourth-order valence-electron chi connectivity index (χ4n) is 2.29. The van der Waals surface area contributed by atoms with Crippen molar-refractivity contribution in [1.82, 2.24) is 15.0 Å². The van der Waals surface area contributed by atoms with Gasteiger partial charge in [-0.2, -0.15) is 5.10 Å². The molecule has 0 fully saturated rings. The Bertz CT molecular complexity index is 885. The first kappa shape index (κ1) is 15.4. The summed E-state index contributed by atoms with van der Waals surface area (Å²) in [5.74, 6) is -0.195. The van der Waals surface area contributed by atoms with E-state index in [4.69, 9.17) is 0 Å². The monoisotopic (exact) mass is 370 g/mol. The number of aromatic nitrogens is 2. The fraction of sp³-hybridized carbons (Fsp3) is 0.118. The molecule has 23 heavy (non-hydrogen) atoms. The van der Waals surface area contributed by atoms with Gasteiger partial charge in [0.1, 0.15) is 6.54 Å². The van der Waals surface area contributed by atoms with Gasteiger partial charge in [0.15, 0.2) is 0 Å². The largest absolute Gasteiger partial charge is 0.321 e. The molecule has 0 atom stereocenters. The van der Waals surface area contributed by atoms with E-state index in [1.54, 1.807) is 10.9 Å². The second-order valence-corrected chi connectivity index (χ2v) is 5.93. The second-order valence-electron chi connectivity index (χ2n) is 5.07. The maximum atomic E-state index is 12.1. The SMILES string of the molecule is C/C(=N/NC(=O)Cn1cnc2ccccc21)c1ccccc1Br. The third kappa shape index (κ3) is 3.48. The fourth-order valence-corrected chi connectivity index (χ4v) is 2.86. The third-order valence-electron chi connectivity index (χ3n) is 3.45. The van der Waals surface area contributed by atoms with Gasteiger partial charge in [-0.15, -0.1) is 0 Å². The Morgan fingerprint density at radius 2 is 1.96 bits per heavy atom. The van der Waals surface area contributed by atoms with Crippen LogP contribution in [-0.4, -0.2) is 21.2 Å². The zero-order valence-corrected chi connectivity index (χ0v) is 14.1. The summed E-state index contributed by atoms with van der Waals surface area (Å²) < 4.78 is 2.74. The van der Waals surface area contributed by atoms with Crippen molar-refractivity contribution in [3.63, 3.8) is 0 Å². The molecule has 116 valence electrons. The van der Waals surface area contributed by atoms with Crippen LogP contribution in [0.1, 0.15) is 12.5 Å². The molecule has 0 spiro atoms. The third-order valence-corrected chi connectivity index (χ3v) is 4.14. The topological polar surface area (TPSA) is 59.3 Å². The Kier molecular flexibility index (Phi) is 4.52. The van der Waals surface area contributed by atoms with Crippen molar-refractivity contribution in [2.24, 2.45) is 5.10 Å². The summed E-state index contributed by atoms with van der Waals surface area (Å²) in [5.41, 5.74) is 6.07. The van der Waals surface area contributed by atoms with Gasteiger partial charge in [0.25, 0.3) is 5.91 Å². The molecule has 0 aliphatic rings.